The first-order valence-electron chi connectivity index (χ1n) is 13.1. The molecule has 2 amide bonds. The Labute approximate surface area is 247 Å². The zero-order valence-electron chi connectivity index (χ0n) is 22.9. The van der Waals surface area contributed by atoms with Crippen molar-refractivity contribution < 1.29 is 18.0 Å². The molecule has 0 fully saturated rings. The standard InChI is InChI=1S/C30H35Cl2N3O4S/c1-4-5-17-33-30(37)28(18-23-9-7-6-8-10-23)34(20-24-13-11-22(2)12-14-24)29(36)21-35(40(3,38)39)25-15-16-26(31)27(32)19-25/h6-16,19,28H,4-5,17-18,20-21H2,1-3H3,(H,33,37)/t28-/m0/s1. The van der Waals surface area contributed by atoms with Gasteiger partial charge in [0.15, 0.2) is 0 Å². The average molecular weight is 605 g/mol. The van der Waals surface area contributed by atoms with Crippen LogP contribution in [0.3, 0.4) is 0 Å². The number of benzene rings is 3. The molecule has 0 aliphatic carbocycles. The second-order valence-corrected chi connectivity index (χ2v) is 12.4. The molecule has 0 saturated heterocycles. The fraction of sp³-hybridized carbons (Fsp3) is 0.333. The molecule has 3 aromatic carbocycles. The number of aryl methyl sites for hydroxylation is 1. The number of amides is 2. The maximum absolute atomic E-state index is 14.0. The van der Waals surface area contributed by atoms with Gasteiger partial charge in [-0.05, 0) is 42.7 Å². The summed E-state index contributed by atoms with van der Waals surface area (Å²) >= 11 is 12.2. The van der Waals surface area contributed by atoms with Gasteiger partial charge in [0.25, 0.3) is 0 Å². The molecule has 0 saturated carbocycles. The number of hydrogen-bond donors (Lipinski definition) is 1. The Hall–Kier alpha value is -3.07. The van der Waals surface area contributed by atoms with Crippen LogP contribution in [0.5, 0.6) is 0 Å². The van der Waals surface area contributed by atoms with E-state index in [1.807, 2.05) is 68.4 Å². The summed E-state index contributed by atoms with van der Waals surface area (Å²) in [5, 5.41) is 3.39. The number of carbonyl (C=O) groups excluding carboxylic acids is 2. The first-order chi connectivity index (χ1) is 19.0. The number of carbonyl (C=O) groups is 2. The number of anilines is 1. The molecule has 0 bridgehead atoms. The summed E-state index contributed by atoms with van der Waals surface area (Å²) in [6, 6.07) is 20.6. The Bertz CT molecular complexity index is 1400. The predicted octanol–water partition coefficient (Wildman–Crippen LogP) is 5.62. The second-order valence-electron chi connectivity index (χ2n) is 9.73. The van der Waals surface area contributed by atoms with E-state index in [2.05, 4.69) is 5.32 Å². The van der Waals surface area contributed by atoms with Crippen molar-refractivity contribution in [2.45, 2.75) is 45.7 Å². The van der Waals surface area contributed by atoms with E-state index in [0.29, 0.717) is 6.54 Å². The number of halogens is 2. The lowest BCUT2D eigenvalue weighted by Gasteiger charge is -2.33. The molecule has 0 radical (unpaired) electrons. The molecule has 1 atom stereocenters. The number of nitrogens with zero attached hydrogens (tertiary/aromatic N) is 2. The molecule has 214 valence electrons. The monoisotopic (exact) mass is 603 g/mol. The molecule has 0 spiro atoms. The highest BCUT2D eigenvalue weighted by molar-refractivity contribution is 7.92. The Balaban J connectivity index is 2.03. The summed E-state index contributed by atoms with van der Waals surface area (Å²) in [6.45, 7) is 4.08. The van der Waals surface area contributed by atoms with Crippen LogP contribution in [0.2, 0.25) is 10.0 Å². The van der Waals surface area contributed by atoms with Crippen LogP contribution in [-0.2, 0) is 32.6 Å². The molecule has 10 heteroatoms. The van der Waals surface area contributed by atoms with Crippen molar-refractivity contribution in [3.8, 4) is 0 Å². The number of rotatable bonds is 13. The van der Waals surface area contributed by atoms with Crippen LogP contribution in [0.25, 0.3) is 0 Å². The van der Waals surface area contributed by atoms with Crippen LogP contribution in [0.4, 0.5) is 5.69 Å². The van der Waals surface area contributed by atoms with Gasteiger partial charge in [0, 0.05) is 19.5 Å². The van der Waals surface area contributed by atoms with E-state index in [-0.39, 0.29) is 34.6 Å². The topological polar surface area (TPSA) is 86.8 Å². The van der Waals surface area contributed by atoms with Gasteiger partial charge in [0.1, 0.15) is 12.6 Å². The van der Waals surface area contributed by atoms with E-state index in [9.17, 15) is 18.0 Å². The Morgan fingerprint density at radius 2 is 1.60 bits per heavy atom. The summed E-state index contributed by atoms with van der Waals surface area (Å²) in [4.78, 5) is 29.1. The largest absolute Gasteiger partial charge is 0.354 e. The quantitative estimate of drug-likeness (QED) is 0.257. The SMILES string of the molecule is CCCCNC(=O)[C@H](Cc1ccccc1)N(Cc1ccc(C)cc1)C(=O)CN(c1ccc(Cl)c(Cl)c1)S(C)(=O)=O. The van der Waals surface area contributed by atoms with E-state index in [1.165, 1.54) is 23.1 Å². The Morgan fingerprint density at radius 3 is 2.20 bits per heavy atom. The maximum Gasteiger partial charge on any atom is 0.244 e. The minimum absolute atomic E-state index is 0.122. The van der Waals surface area contributed by atoms with Crippen molar-refractivity contribution in [1.29, 1.82) is 0 Å². The molecule has 0 aliphatic heterocycles. The molecule has 7 nitrogen and oxygen atoms in total. The van der Waals surface area contributed by atoms with Gasteiger partial charge in [0.2, 0.25) is 21.8 Å². The molecule has 40 heavy (non-hydrogen) atoms. The third-order valence-electron chi connectivity index (χ3n) is 6.44. The fourth-order valence-electron chi connectivity index (χ4n) is 4.20. The summed E-state index contributed by atoms with van der Waals surface area (Å²) in [7, 11) is -3.89. The third-order valence-corrected chi connectivity index (χ3v) is 8.32. The van der Waals surface area contributed by atoms with Crippen molar-refractivity contribution in [3.05, 3.63) is 99.5 Å². The fourth-order valence-corrected chi connectivity index (χ4v) is 5.34. The molecular weight excluding hydrogens is 569 g/mol. The molecular formula is C30H35Cl2N3O4S. The van der Waals surface area contributed by atoms with Crippen LogP contribution in [0, 0.1) is 6.92 Å². The zero-order valence-corrected chi connectivity index (χ0v) is 25.3. The van der Waals surface area contributed by atoms with Crippen LogP contribution >= 0.6 is 23.2 Å². The van der Waals surface area contributed by atoms with E-state index in [0.717, 1.165) is 40.1 Å². The highest BCUT2D eigenvalue weighted by Crippen LogP contribution is 2.29. The van der Waals surface area contributed by atoms with Crippen molar-refractivity contribution in [2.24, 2.45) is 0 Å². The van der Waals surface area contributed by atoms with Gasteiger partial charge in [-0.3, -0.25) is 13.9 Å². The first kappa shape index (κ1) is 31.5. The van der Waals surface area contributed by atoms with E-state index in [1.54, 1.807) is 0 Å². The molecule has 3 rings (SSSR count). The maximum atomic E-state index is 14.0. The van der Waals surface area contributed by atoms with E-state index < -0.39 is 28.5 Å². The van der Waals surface area contributed by atoms with Gasteiger partial charge in [0.05, 0.1) is 22.0 Å². The Morgan fingerprint density at radius 1 is 0.925 bits per heavy atom. The minimum Gasteiger partial charge on any atom is -0.354 e. The third kappa shape index (κ3) is 8.98. The minimum atomic E-state index is -3.89. The summed E-state index contributed by atoms with van der Waals surface area (Å²) in [6.07, 6.45) is 2.99. The first-order valence-corrected chi connectivity index (χ1v) is 15.7. The number of sulfonamides is 1. The number of hydrogen-bond acceptors (Lipinski definition) is 4. The van der Waals surface area contributed by atoms with Crippen LogP contribution in [0.15, 0.2) is 72.8 Å². The lowest BCUT2D eigenvalue weighted by atomic mass is 10.0. The van der Waals surface area contributed by atoms with Crippen LogP contribution in [0.1, 0.15) is 36.5 Å². The number of unbranched alkanes of at least 4 members (excludes halogenated alkanes) is 1. The Kier molecular flexibility index (Phi) is 11.4. The van der Waals surface area contributed by atoms with Crippen molar-refractivity contribution in [1.82, 2.24) is 10.2 Å². The molecule has 0 unspecified atom stereocenters. The van der Waals surface area contributed by atoms with Crippen molar-refractivity contribution in [2.75, 3.05) is 23.7 Å². The normalized spacial score (nSPS) is 12.0. The molecule has 1 N–H and O–H groups in total. The summed E-state index contributed by atoms with van der Waals surface area (Å²) in [5.41, 5.74) is 2.96. The second kappa shape index (κ2) is 14.5. The molecule has 0 heterocycles. The van der Waals surface area contributed by atoms with Crippen molar-refractivity contribution >= 4 is 50.7 Å². The highest BCUT2D eigenvalue weighted by Gasteiger charge is 2.33. The highest BCUT2D eigenvalue weighted by atomic mass is 35.5. The van der Waals surface area contributed by atoms with E-state index >= 15 is 0 Å². The van der Waals surface area contributed by atoms with Crippen LogP contribution < -0.4 is 9.62 Å². The van der Waals surface area contributed by atoms with Gasteiger partial charge in [-0.15, -0.1) is 0 Å². The predicted molar refractivity (Wildman–Crippen MR) is 162 cm³/mol. The van der Waals surface area contributed by atoms with Gasteiger partial charge in [-0.25, -0.2) is 8.42 Å². The summed E-state index contributed by atoms with van der Waals surface area (Å²) in [5.74, 6) is -0.818. The van der Waals surface area contributed by atoms with Gasteiger partial charge in [-0.1, -0.05) is 96.7 Å². The average Bonchev–Trinajstić information content (AvgIpc) is 2.92. The smallest absolute Gasteiger partial charge is 0.244 e. The zero-order chi connectivity index (χ0) is 29.3. The lowest BCUT2D eigenvalue weighted by molar-refractivity contribution is -0.140. The van der Waals surface area contributed by atoms with Gasteiger partial charge >= 0.3 is 0 Å². The van der Waals surface area contributed by atoms with Crippen molar-refractivity contribution in [3.63, 3.8) is 0 Å². The van der Waals surface area contributed by atoms with Gasteiger partial charge in [-0.2, -0.15) is 0 Å². The lowest BCUT2D eigenvalue weighted by Crippen LogP contribution is -2.53. The number of nitrogens with one attached hydrogen (secondary N) is 1. The molecule has 0 aliphatic rings. The summed E-state index contributed by atoms with van der Waals surface area (Å²) < 4.78 is 26.7. The van der Waals surface area contributed by atoms with Crippen LogP contribution in [-0.4, -0.2) is 50.5 Å². The van der Waals surface area contributed by atoms with E-state index in [4.69, 9.17) is 23.2 Å². The van der Waals surface area contributed by atoms with Gasteiger partial charge < -0.3 is 10.2 Å². The molecule has 0 aromatic heterocycles. The molecule has 3 aromatic rings.